The third-order valence-corrected chi connectivity index (χ3v) is 6.36. The Hall–Kier alpha value is -3.57. The number of esters is 1. The standard InChI is InChI=1S/C27H30ClN3O5/c1-5-35-27(34)26(33)30-20-8-9-23(17(3)10-20)31-25(32)12-18-7-6-16(2)24(11-18)36-22-14-19(28)13-21(15-22)29-4/h6-7,11,13-15,17,20,23H,5,8-10,12H2,1-3H3,(H,30,33)(H,31,32). The van der Waals surface area contributed by atoms with Crippen molar-refractivity contribution in [2.75, 3.05) is 6.61 Å². The number of hydrogen-bond acceptors (Lipinski definition) is 5. The van der Waals surface area contributed by atoms with Crippen LogP contribution in [-0.4, -0.2) is 36.5 Å². The summed E-state index contributed by atoms with van der Waals surface area (Å²) in [5, 5.41) is 6.24. The van der Waals surface area contributed by atoms with Crippen molar-refractivity contribution >= 4 is 35.1 Å². The van der Waals surface area contributed by atoms with Crippen molar-refractivity contribution < 1.29 is 23.9 Å². The number of hydrogen-bond donors (Lipinski definition) is 2. The predicted molar refractivity (Wildman–Crippen MR) is 136 cm³/mol. The molecule has 0 spiro atoms. The van der Waals surface area contributed by atoms with E-state index < -0.39 is 11.9 Å². The Morgan fingerprint density at radius 2 is 1.92 bits per heavy atom. The third-order valence-electron chi connectivity index (χ3n) is 6.14. The van der Waals surface area contributed by atoms with Crippen LogP contribution in [0.15, 0.2) is 36.4 Å². The maximum Gasteiger partial charge on any atom is 0.396 e. The first-order valence-corrected chi connectivity index (χ1v) is 12.3. The number of benzene rings is 2. The number of nitrogens with one attached hydrogen (secondary N) is 2. The van der Waals surface area contributed by atoms with Crippen LogP contribution in [0, 0.1) is 19.4 Å². The summed E-state index contributed by atoms with van der Waals surface area (Å²) in [4.78, 5) is 39.7. The van der Waals surface area contributed by atoms with Gasteiger partial charge in [0.1, 0.15) is 11.5 Å². The first kappa shape index (κ1) is 27.0. The van der Waals surface area contributed by atoms with Crippen LogP contribution >= 0.6 is 11.6 Å². The molecule has 1 saturated carbocycles. The van der Waals surface area contributed by atoms with Crippen LogP contribution in [0.1, 0.15) is 44.2 Å². The van der Waals surface area contributed by atoms with E-state index >= 15 is 0 Å². The van der Waals surface area contributed by atoms with Crippen molar-refractivity contribution in [3.63, 3.8) is 0 Å². The van der Waals surface area contributed by atoms with Gasteiger partial charge in [0.2, 0.25) is 5.91 Å². The van der Waals surface area contributed by atoms with Gasteiger partial charge < -0.3 is 20.1 Å². The van der Waals surface area contributed by atoms with Crippen molar-refractivity contribution in [2.24, 2.45) is 5.92 Å². The number of aryl methyl sites for hydroxylation is 1. The quantitative estimate of drug-likeness (QED) is 0.313. The third kappa shape index (κ3) is 7.46. The lowest BCUT2D eigenvalue weighted by atomic mass is 9.82. The van der Waals surface area contributed by atoms with Gasteiger partial charge in [-0.2, -0.15) is 0 Å². The summed E-state index contributed by atoms with van der Waals surface area (Å²) in [6, 6.07) is 10.3. The Labute approximate surface area is 216 Å². The van der Waals surface area contributed by atoms with Gasteiger partial charge in [-0.05, 0) is 74.4 Å². The van der Waals surface area contributed by atoms with Crippen molar-refractivity contribution in [2.45, 2.75) is 58.5 Å². The fourth-order valence-corrected chi connectivity index (χ4v) is 4.51. The first-order valence-electron chi connectivity index (χ1n) is 11.9. The Morgan fingerprint density at radius 1 is 1.14 bits per heavy atom. The van der Waals surface area contributed by atoms with Gasteiger partial charge in [-0.1, -0.05) is 30.7 Å². The van der Waals surface area contributed by atoms with E-state index in [1.807, 2.05) is 32.0 Å². The Bertz CT molecular complexity index is 1180. The molecule has 190 valence electrons. The van der Waals surface area contributed by atoms with Crippen LogP contribution in [0.2, 0.25) is 5.02 Å². The van der Waals surface area contributed by atoms with Gasteiger partial charge in [-0.25, -0.2) is 9.64 Å². The molecule has 0 heterocycles. The summed E-state index contributed by atoms with van der Waals surface area (Å²) in [5.74, 6) is -0.523. The average molecular weight is 512 g/mol. The van der Waals surface area contributed by atoms with E-state index in [1.165, 1.54) is 0 Å². The molecule has 1 aliphatic rings. The lowest BCUT2D eigenvalue weighted by Crippen LogP contribution is -2.49. The van der Waals surface area contributed by atoms with Crippen LogP contribution in [0.5, 0.6) is 11.5 Å². The van der Waals surface area contributed by atoms with Crippen LogP contribution < -0.4 is 15.4 Å². The Morgan fingerprint density at radius 3 is 2.61 bits per heavy atom. The van der Waals surface area contributed by atoms with Crippen molar-refractivity contribution in [3.8, 4) is 11.5 Å². The minimum absolute atomic E-state index is 0.0204. The van der Waals surface area contributed by atoms with Crippen LogP contribution in [-0.2, 0) is 25.5 Å². The molecule has 8 nitrogen and oxygen atoms in total. The van der Waals surface area contributed by atoms with Gasteiger partial charge in [0.25, 0.3) is 0 Å². The SMILES string of the molecule is [C-]#[N+]c1cc(Cl)cc(Oc2cc(CC(=O)NC3CCC(NC(=O)C(=O)OCC)CC3C)ccc2C)c1. The van der Waals surface area contributed by atoms with Gasteiger partial charge >= 0.3 is 11.9 Å². The van der Waals surface area contributed by atoms with Crippen LogP contribution in [0.3, 0.4) is 0 Å². The first-order chi connectivity index (χ1) is 17.2. The summed E-state index contributed by atoms with van der Waals surface area (Å²) in [6.07, 6.45) is 2.20. The average Bonchev–Trinajstić information content (AvgIpc) is 2.82. The van der Waals surface area contributed by atoms with Gasteiger partial charge in [0.05, 0.1) is 19.6 Å². The molecule has 0 bridgehead atoms. The van der Waals surface area contributed by atoms with E-state index in [0.29, 0.717) is 41.5 Å². The van der Waals surface area contributed by atoms with Crippen molar-refractivity contribution in [3.05, 3.63) is 64.0 Å². The summed E-state index contributed by atoms with van der Waals surface area (Å²) in [6.45, 7) is 12.9. The second-order valence-corrected chi connectivity index (χ2v) is 9.43. The molecule has 2 aromatic carbocycles. The van der Waals surface area contributed by atoms with Crippen LogP contribution in [0.4, 0.5) is 5.69 Å². The second-order valence-electron chi connectivity index (χ2n) is 8.99. The molecular formula is C27H30ClN3O5. The number of halogens is 1. The van der Waals surface area contributed by atoms with E-state index in [9.17, 15) is 14.4 Å². The fourth-order valence-electron chi connectivity index (χ4n) is 4.29. The zero-order valence-electron chi connectivity index (χ0n) is 20.6. The Balaban J connectivity index is 1.56. The molecule has 2 N–H and O–H groups in total. The highest BCUT2D eigenvalue weighted by molar-refractivity contribution is 6.32. The van der Waals surface area contributed by atoms with E-state index in [4.69, 9.17) is 27.6 Å². The topological polar surface area (TPSA) is 98.1 Å². The highest BCUT2D eigenvalue weighted by Crippen LogP contribution is 2.32. The zero-order valence-corrected chi connectivity index (χ0v) is 21.4. The van der Waals surface area contributed by atoms with Gasteiger partial charge in [0.15, 0.2) is 5.69 Å². The summed E-state index contributed by atoms with van der Waals surface area (Å²) in [5.41, 5.74) is 2.07. The number of carbonyl (C=O) groups excluding carboxylic acids is 3. The van der Waals surface area contributed by atoms with Gasteiger partial charge in [0, 0.05) is 17.1 Å². The summed E-state index contributed by atoms with van der Waals surface area (Å²) >= 11 is 6.08. The molecule has 0 saturated heterocycles. The predicted octanol–water partition coefficient (Wildman–Crippen LogP) is 4.89. The molecule has 3 rings (SSSR count). The molecule has 0 aliphatic heterocycles. The number of ether oxygens (including phenoxy) is 2. The minimum Gasteiger partial charge on any atom is -0.459 e. The molecule has 0 radical (unpaired) electrons. The summed E-state index contributed by atoms with van der Waals surface area (Å²) in [7, 11) is 0. The molecule has 36 heavy (non-hydrogen) atoms. The van der Waals surface area contributed by atoms with Crippen molar-refractivity contribution in [1.82, 2.24) is 10.6 Å². The fraction of sp³-hybridized carbons (Fsp3) is 0.407. The van der Waals surface area contributed by atoms with E-state index in [-0.39, 0.29) is 36.9 Å². The molecule has 0 aromatic heterocycles. The smallest absolute Gasteiger partial charge is 0.396 e. The maximum absolute atomic E-state index is 12.8. The van der Waals surface area contributed by atoms with Gasteiger partial charge in [-0.15, -0.1) is 0 Å². The highest BCUT2D eigenvalue weighted by Gasteiger charge is 2.30. The molecule has 9 heteroatoms. The van der Waals surface area contributed by atoms with E-state index in [0.717, 1.165) is 11.1 Å². The normalized spacial score (nSPS) is 19.0. The monoisotopic (exact) mass is 511 g/mol. The Kier molecular flexibility index (Phi) is 9.31. The maximum atomic E-state index is 12.8. The number of carbonyl (C=O) groups is 3. The number of nitrogens with zero attached hydrogens (tertiary/aromatic N) is 1. The minimum atomic E-state index is -0.871. The van der Waals surface area contributed by atoms with E-state index in [1.54, 1.807) is 25.1 Å². The molecule has 3 atom stereocenters. The lowest BCUT2D eigenvalue weighted by molar-refractivity contribution is -0.155. The molecule has 1 fully saturated rings. The van der Waals surface area contributed by atoms with Gasteiger partial charge in [-0.3, -0.25) is 9.59 Å². The molecule has 3 unspecified atom stereocenters. The molecule has 2 aromatic rings. The van der Waals surface area contributed by atoms with Crippen LogP contribution in [0.25, 0.3) is 4.85 Å². The second kappa shape index (κ2) is 12.4. The molecule has 2 amide bonds. The zero-order chi connectivity index (χ0) is 26.2. The lowest BCUT2D eigenvalue weighted by Gasteiger charge is -2.34. The largest absolute Gasteiger partial charge is 0.459 e. The number of rotatable bonds is 7. The number of amides is 2. The highest BCUT2D eigenvalue weighted by atomic mass is 35.5. The molecule has 1 aliphatic carbocycles. The van der Waals surface area contributed by atoms with Crippen molar-refractivity contribution in [1.29, 1.82) is 0 Å². The summed E-state index contributed by atoms with van der Waals surface area (Å²) < 4.78 is 10.7. The molecular weight excluding hydrogens is 482 g/mol. The van der Waals surface area contributed by atoms with E-state index in [2.05, 4.69) is 15.5 Å².